The number of nitrogens with one attached hydrogen (secondary N) is 1. The molecule has 1 heterocycles. The Kier molecular flexibility index (Phi) is 4.71. The van der Waals surface area contributed by atoms with E-state index >= 15 is 0 Å². The lowest BCUT2D eigenvalue weighted by molar-refractivity contribution is -0.141. The van der Waals surface area contributed by atoms with Gasteiger partial charge in [0, 0.05) is 12.2 Å². The monoisotopic (exact) mass is 338 g/mol. The van der Waals surface area contributed by atoms with Crippen LogP contribution in [0.5, 0.6) is 5.88 Å². The molecule has 2 fully saturated rings. The van der Waals surface area contributed by atoms with Crippen molar-refractivity contribution in [3.05, 3.63) is 22.8 Å². The second kappa shape index (κ2) is 6.74. The number of aliphatic carboxylic acids is 1. The number of pyridine rings is 1. The molecular formula is C16H19ClN2O4. The number of aromatic nitrogens is 1. The molecular weight excluding hydrogens is 320 g/mol. The molecule has 3 rings (SSSR count). The van der Waals surface area contributed by atoms with Crippen LogP contribution in [-0.4, -0.2) is 34.6 Å². The van der Waals surface area contributed by atoms with Crippen LogP contribution in [-0.2, 0) is 4.79 Å². The Labute approximate surface area is 139 Å². The number of carboxylic acid groups (broad SMARTS) is 1. The standard InChI is InChI=1S/C16H19ClN2O4/c17-13-6-11(7-18-15(13)23-8-9-1-2-9)14(20)19-12-4-3-10(5-12)16(21)22/h6-7,9-10,12H,1-5,8H2,(H,19,20)(H,21,22)/t10-,12+/m1/s1. The van der Waals surface area contributed by atoms with Crippen molar-refractivity contribution >= 4 is 23.5 Å². The number of carbonyl (C=O) groups is 2. The number of rotatable bonds is 6. The summed E-state index contributed by atoms with van der Waals surface area (Å²) in [6, 6.07) is 1.42. The first kappa shape index (κ1) is 16.1. The van der Waals surface area contributed by atoms with E-state index in [1.807, 2.05) is 0 Å². The van der Waals surface area contributed by atoms with Gasteiger partial charge in [-0.3, -0.25) is 9.59 Å². The van der Waals surface area contributed by atoms with E-state index in [2.05, 4.69) is 10.3 Å². The van der Waals surface area contributed by atoms with Crippen LogP contribution in [0.1, 0.15) is 42.5 Å². The van der Waals surface area contributed by atoms with Crippen molar-refractivity contribution in [3.63, 3.8) is 0 Å². The Hall–Kier alpha value is -1.82. The van der Waals surface area contributed by atoms with Crippen molar-refractivity contribution in [2.75, 3.05) is 6.61 Å². The second-order valence-electron chi connectivity index (χ2n) is 6.28. The molecule has 0 bridgehead atoms. The summed E-state index contributed by atoms with van der Waals surface area (Å²) in [5.74, 6) is -0.518. The maximum absolute atomic E-state index is 12.2. The van der Waals surface area contributed by atoms with E-state index in [0.717, 1.165) is 0 Å². The fourth-order valence-corrected chi connectivity index (χ4v) is 2.96. The van der Waals surface area contributed by atoms with Crippen LogP contribution in [0.15, 0.2) is 12.3 Å². The molecule has 2 N–H and O–H groups in total. The summed E-state index contributed by atoms with van der Waals surface area (Å²) in [4.78, 5) is 27.3. The quantitative estimate of drug-likeness (QED) is 0.832. The molecule has 124 valence electrons. The molecule has 2 atom stereocenters. The molecule has 23 heavy (non-hydrogen) atoms. The van der Waals surface area contributed by atoms with Crippen molar-refractivity contribution in [3.8, 4) is 5.88 Å². The first-order valence-electron chi connectivity index (χ1n) is 7.85. The third-order valence-corrected chi connectivity index (χ3v) is 4.61. The molecule has 2 saturated carbocycles. The van der Waals surface area contributed by atoms with E-state index in [-0.39, 0.29) is 17.9 Å². The minimum Gasteiger partial charge on any atom is -0.481 e. The lowest BCUT2D eigenvalue weighted by Crippen LogP contribution is -2.33. The van der Waals surface area contributed by atoms with Crippen molar-refractivity contribution in [2.45, 2.75) is 38.1 Å². The molecule has 7 heteroatoms. The Morgan fingerprint density at radius 3 is 2.74 bits per heavy atom. The summed E-state index contributed by atoms with van der Waals surface area (Å²) in [7, 11) is 0. The molecule has 0 radical (unpaired) electrons. The number of ether oxygens (including phenoxy) is 1. The van der Waals surface area contributed by atoms with Crippen LogP contribution in [0.2, 0.25) is 5.02 Å². The highest BCUT2D eigenvalue weighted by atomic mass is 35.5. The molecule has 0 saturated heterocycles. The number of carboxylic acids is 1. The summed E-state index contributed by atoms with van der Waals surface area (Å²) < 4.78 is 5.53. The van der Waals surface area contributed by atoms with Gasteiger partial charge in [-0.05, 0) is 44.1 Å². The number of carbonyl (C=O) groups excluding carboxylic acids is 1. The Morgan fingerprint density at radius 2 is 2.13 bits per heavy atom. The van der Waals surface area contributed by atoms with E-state index in [9.17, 15) is 9.59 Å². The predicted molar refractivity (Wildman–Crippen MR) is 83.7 cm³/mol. The average Bonchev–Trinajstić information content (AvgIpc) is 3.23. The lowest BCUT2D eigenvalue weighted by Gasteiger charge is -2.13. The van der Waals surface area contributed by atoms with Gasteiger partial charge in [-0.2, -0.15) is 0 Å². The zero-order chi connectivity index (χ0) is 16.4. The maximum Gasteiger partial charge on any atom is 0.306 e. The van der Waals surface area contributed by atoms with Gasteiger partial charge in [0.05, 0.1) is 18.1 Å². The summed E-state index contributed by atoms with van der Waals surface area (Å²) in [6.07, 6.45) is 5.52. The van der Waals surface area contributed by atoms with Crippen LogP contribution < -0.4 is 10.1 Å². The van der Waals surface area contributed by atoms with E-state index in [1.165, 1.54) is 25.1 Å². The summed E-state index contributed by atoms with van der Waals surface area (Å²) >= 11 is 6.11. The summed E-state index contributed by atoms with van der Waals surface area (Å²) in [6.45, 7) is 0.608. The zero-order valence-corrected chi connectivity index (χ0v) is 13.4. The molecule has 2 aliphatic rings. The molecule has 0 spiro atoms. The number of halogens is 1. The van der Waals surface area contributed by atoms with Crippen molar-refractivity contribution < 1.29 is 19.4 Å². The lowest BCUT2D eigenvalue weighted by atomic mass is 10.1. The molecule has 0 unspecified atom stereocenters. The van der Waals surface area contributed by atoms with Gasteiger partial charge >= 0.3 is 5.97 Å². The highest BCUT2D eigenvalue weighted by Crippen LogP contribution is 2.31. The van der Waals surface area contributed by atoms with Crippen LogP contribution in [0, 0.1) is 11.8 Å². The van der Waals surface area contributed by atoms with Gasteiger partial charge in [0.1, 0.15) is 5.02 Å². The fourth-order valence-electron chi connectivity index (χ4n) is 2.74. The average molecular weight is 339 g/mol. The highest BCUT2D eigenvalue weighted by Gasteiger charge is 2.30. The van der Waals surface area contributed by atoms with Crippen LogP contribution in [0.25, 0.3) is 0 Å². The fraction of sp³-hybridized carbons (Fsp3) is 0.562. The second-order valence-corrected chi connectivity index (χ2v) is 6.69. The number of hydrogen-bond acceptors (Lipinski definition) is 4. The first-order chi connectivity index (χ1) is 11.0. The normalized spacial score (nSPS) is 23.5. The van der Waals surface area contributed by atoms with Gasteiger partial charge in [0.15, 0.2) is 0 Å². The predicted octanol–water partition coefficient (Wildman–Crippen LogP) is 2.51. The van der Waals surface area contributed by atoms with Gasteiger partial charge in [-0.25, -0.2) is 4.98 Å². The van der Waals surface area contributed by atoms with Gasteiger partial charge in [-0.15, -0.1) is 0 Å². The van der Waals surface area contributed by atoms with E-state index < -0.39 is 5.97 Å². The van der Waals surface area contributed by atoms with Crippen LogP contribution in [0.3, 0.4) is 0 Å². The molecule has 1 amide bonds. The van der Waals surface area contributed by atoms with Gasteiger partial charge in [0.25, 0.3) is 5.91 Å². The Balaban J connectivity index is 1.56. The minimum atomic E-state index is -0.802. The minimum absolute atomic E-state index is 0.117. The molecule has 2 aliphatic carbocycles. The molecule has 0 aromatic carbocycles. The maximum atomic E-state index is 12.2. The Morgan fingerprint density at radius 1 is 1.35 bits per heavy atom. The van der Waals surface area contributed by atoms with E-state index in [1.54, 1.807) is 0 Å². The van der Waals surface area contributed by atoms with Gasteiger partial charge in [-0.1, -0.05) is 11.6 Å². The molecule has 1 aromatic heterocycles. The Bertz CT molecular complexity index is 618. The SMILES string of the molecule is O=C(N[C@H]1CC[C@@H](C(=O)O)C1)c1cnc(OCC2CC2)c(Cl)c1. The summed E-state index contributed by atoms with van der Waals surface area (Å²) in [5, 5.41) is 12.1. The largest absolute Gasteiger partial charge is 0.481 e. The third-order valence-electron chi connectivity index (χ3n) is 4.34. The molecule has 6 nitrogen and oxygen atoms in total. The molecule has 1 aromatic rings. The third kappa shape index (κ3) is 4.13. The van der Waals surface area contributed by atoms with Crippen molar-refractivity contribution in [2.24, 2.45) is 11.8 Å². The highest BCUT2D eigenvalue weighted by molar-refractivity contribution is 6.32. The van der Waals surface area contributed by atoms with Crippen LogP contribution in [0.4, 0.5) is 0 Å². The topological polar surface area (TPSA) is 88.5 Å². The first-order valence-corrected chi connectivity index (χ1v) is 8.22. The van der Waals surface area contributed by atoms with Crippen LogP contribution >= 0.6 is 11.6 Å². The number of amides is 1. The summed E-state index contributed by atoms with van der Waals surface area (Å²) in [5.41, 5.74) is 0.354. The zero-order valence-electron chi connectivity index (χ0n) is 12.6. The van der Waals surface area contributed by atoms with E-state index in [0.29, 0.717) is 48.3 Å². The number of nitrogens with zero attached hydrogens (tertiary/aromatic N) is 1. The molecule has 0 aliphatic heterocycles. The van der Waals surface area contributed by atoms with Crippen molar-refractivity contribution in [1.82, 2.24) is 10.3 Å². The van der Waals surface area contributed by atoms with Gasteiger partial charge in [0.2, 0.25) is 5.88 Å². The number of hydrogen-bond donors (Lipinski definition) is 2. The van der Waals surface area contributed by atoms with Crippen molar-refractivity contribution in [1.29, 1.82) is 0 Å². The smallest absolute Gasteiger partial charge is 0.306 e. The van der Waals surface area contributed by atoms with E-state index in [4.69, 9.17) is 21.4 Å². The van der Waals surface area contributed by atoms with Gasteiger partial charge < -0.3 is 15.2 Å².